The normalized spacial score (nSPS) is 17.6. The molecular weight excluding hydrogens is 527 g/mol. The fourth-order valence-electron chi connectivity index (χ4n) is 5.25. The summed E-state index contributed by atoms with van der Waals surface area (Å²) in [5, 5.41) is 15.3. The predicted octanol–water partition coefficient (Wildman–Crippen LogP) is 4.52. The lowest BCUT2D eigenvalue weighted by Gasteiger charge is -2.27. The van der Waals surface area contributed by atoms with Gasteiger partial charge in [-0.15, -0.1) is 0 Å². The number of anilines is 1. The first kappa shape index (κ1) is 30.0. The van der Waals surface area contributed by atoms with Crippen LogP contribution in [0, 0.1) is 17.1 Å². The Morgan fingerprint density at radius 2 is 1.93 bits per heavy atom. The van der Waals surface area contributed by atoms with Crippen molar-refractivity contribution >= 4 is 23.6 Å². The summed E-state index contributed by atoms with van der Waals surface area (Å²) in [6.07, 6.45) is 1.66. The number of benzene rings is 2. The van der Waals surface area contributed by atoms with Crippen LogP contribution < -0.4 is 10.6 Å². The Balaban J connectivity index is 1.44. The zero-order valence-corrected chi connectivity index (χ0v) is 24.0. The van der Waals surface area contributed by atoms with Crippen LogP contribution in [0.15, 0.2) is 30.3 Å². The number of nitriles is 1. The molecule has 10 heteroatoms. The molecule has 2 N–H and O–H groups in total. The van der Waals surface area contributed by atoms with Crippen LogP contribution in [0.5, 0.6) is 0 Å². The van der Waals surface area contributed by atoms with Crippen LogP contribution >= 0.6 is 0 Å². The van der Waals surface area contributed by atoms with E-state index in [1.807, 2.05) is 24.3 Å². The van der Waals surface area contributed by atoms with E-state index < -0.39 is 35.6 Å². The van der Waals surface area contributed by atoms with Crippen molar-refractivity contribution in [2.75, 3.05) is 25.0 Å². The molecule has 0 spiro atoms. The van der Waals surface area contributed by atoms with E-state index in [9.17, 15) is 19.6 Å². The van der Waals surface area contributed by atoms with Crippen molar-refractivity contribution in [2.45, 2.75) is 77.5 Å². The van der Waals surface area contributed by atoms with Gasteiger partial charge in [-0.3, -0.25) is 9.59 Å². The highest BCUT2D eigenvalue weighted by atomic mass is 19.1. The van der Waals surface area contributed by atoms with Crippen molar-refractivity contribution in [1.82, 2.24) is 10.2 Å². The minimum Gasteiger partial charge on any atom is -0.444 e. The van der Waals surface area contributed by atoms with Crippen molar-refractivity contribution in [3.8, 4) is 17.2 Å². The Labute approximate surface area is 240 Å². The minimum atomic E-state index is -0.995. The lowest BCUT2D eigenvalue weighted by atomic mass is 9.94. The number of hydrogen-bond acceptors (Lipinski definition) is 6. The Morgan fingerprint density at radius 1 is 1.17 bits per heavy atom. The molecule has 1 aliphatic carbocycles. The molecule has 1 heterocycles. The van der Waals surface area contributed by atoms with Crippen LogP contribution in [0.4, 0.5) is 14.9 Å². The third kappa shape index (κ3) is 7.61. The largest absolute Gasteiger partial charge is 0.444 e. The van der Waals surface area contributed by atoms with Crippen LogP contribution in [-0.4, -0.2) is 60.3 Å². The van der Waals surface area contributed by atoms with E-state index in [0.29, 0.717) is 24.1 Å². The molecule has 1 saturated heterocycles. The maximum absolute atomic E-state index is 15.3. The van der Waals surface area contributed by atoms with Gasteiger partial charge in [-0.25, -0.2) is 9.18 Å². The van der Waals surface area contributed by atoms with E-state index in [4.69, 9.17) is 9.47 Å². The van der Waals surface area contributed by atoms with Crippen LogP contribution in [0.1, 0.15) is 57.2 Å². The zero-order valence-electron chi connectivity index (χ0n) is 24.0. The maximum atomic E-state index is 15.3. The van der Waals surface area contributed by atoms with Gasteiger partial charge in [0.25, 0.3) is 5.91 Å². The second-order valence-corrected chi connectivity index (χ2v) is 11.5. The number of carbonyl (C=O) groups is 3. The van der Waals surface area contributed by atoms with Gasteiger partial charge < -0.3 is 25.0 Å². The summed E-state index contributed by atoms with van der Waals surface area (Å²) in [5.74, 6) is -1.15. The Kier molecular flexibility index (Phi) is 9.28. The van der Waals surface area contributed by atoms with Crippen LogP contribution in [0.2, 0.25) is 0 Å². The molecule has 1 fully saturated rings. The molecular formula is C31H37FN4O5. The van der Waals surface area contributed by atoms with Crippen LogP contribution in [-0.2, 0) is 38.3 Å². The molecule has 0 radical (unpaired) electrons. The summed E-state index contributed by atoms with van der Waals surface area (Å²) in [5.41, 5.74) is 4.24. The van der Waals surface area contributed by atoms with Gasteiger partial charge in [0.1, 0.15) is 17.5 Å². The minimum absolute atomic E-state index is 0.00694. The van der Waals surface area contributed by atoms with Gasteiger partial charge in [-0.2, -0.15) is 5.26 Å². The molecule has 2 aliphatic rings. The highest BCUT2D eigenvalue weighted by Crippen LogP contribution is 2.37. The molecule has 41 heavy (non-hydrogen) atoms. The SMILES string of the molecule is CC(=O)Nc1ccc(-c2ccc(C[C@@H](C#N)NC(=O)C3CN(C(=O)OC(C)(C)C)CCCO3)c(F)c2)c2c1CCC2. The molecule has 0 aromatic heterocycles. The summed E-state index contributed by atoms with van der Waals surface area (Å²) in [4.78, 5) is 38.6. The average molecular weight is 565 g/mol. The topological polar surface area (TPSA) is 121 Å². The second kappa shape index (κ2) is 12.7. The predicted molar refractivity (Wildman–Crippen MR) is 152 cm³/mol. The Hall–Kier alpha value is -3.97. The molecule has 1 unspecified atom stereocenters. The monoisotopic (exact) mass is 564 g/mol. The van der Waals surface area contributed by atoms with Crippen LogP contribution in [0.25, 0.3) is 11.1 Å². The molecule has 2 aromatic rings. The van der Waals surface area contributed by atoms with Gasteiger partial charge in [-0.05, 0) is 86.4 Å². The number of ether oxygens (including phenoxy) is 2. The van der Waals surface area contributed by atoms with Crippen molar-refractivity contribution in [2.24, 2.45) is 0 Å². The average Bonchev–Trinajstić information content (AvgIpc) is 3.26. The number of halogens is 1. The van der Waals surface area contributed by atoms with Crippen molar-refractivity contribution in [3.05, 3.63) is 52.8 Å². The number of carbonyl (C=O) groups excluding carboxylic acids is 3. The number of nitrogens with one attached hydrogen (secondary N) is 2. The Morgan fingerprint density at radius 3 is 2.61 bits per heavy atom. The van der Waals surface area contributed by atoms with E-state index in [1.165, 1.54) is 17.9 Å². The lowest BCUT2D eigenvalue weighted by Crippen LogP contribution is -2.48. The van der Waals surface area contributed by atoms with Gasteiger partial charge in [0.05, 0.1) is 12.6 Å². The van der Waals surface area contributed by atoms with Gasteiger partial charge in [0.2, 0.25) is 5.91 Å². The molecule has 218 valence electrons. The molecule has 3 amide bonds. The third-order valence-electron chi connectivity index (χ3n) is 7.08. The molecule has 2 atom stereocenters. The summed E-state index contributed by atoms with van der Waals surface area (Å²) in [6, 6.07) is 9.69. The van der Waals surface area contributed by atoms with E-state index in [2.05, 4.69) is 10.6 Å². The Bertz CT molecular complexity index is 1360. The standard InChI is InChI=1S/C31H37FN4O5/c1-19(37)34-27-12-11-23(24-7-5-8-25(24)27)20-9-10-21(26(32)16-20)15-22(17-33)35-29(38)28-18-36(13-6-14-40-28)30(39)41-31(2,3)4/h9-12,16,22,28H,5-8,13-15,18H2,1-4H3,(H,34,37)(H,35,38)/t22-,28?/m0/s1. The van der Waals surface area contributed by atoms with Crippen molar-refractivity contribution < 1.29 is 28.2 Å². The van der Waals surface area contributed by atoms with E-state index in [1.54, 1.807) is 26.8 Å². The molecule has 4 rings (SSSR count). The first-order valence-electron chi connectivity index (χ1n) is 14.0. The summed E-state index contributed by atoms with van der Waals surface area (Å²) in [6.45, 7) is 7.43. The molecule has 1 aliphatic heterocycles. The molecule has 0 saturated carbocycles. The van der Waals surface area contributed by atoms with Gasteiger partial charge in [-0.1, -0.05) is 18.2 Å². The summed E-state index contributed by atoms with van der Waals surface area (Å²) >= 11 is 0. The first-order valence-corrected chi connectivity index (χ1v) is 14.0. The highest BCUT2D eigenvalue weighted by molar-refractivity contribution is 5.91. The maximum Gasteiger partial charge on any atom is 0.410 e. The number of amides is 3. The first-order chi connectivity index (χ1) is 19.4. The van der Waals surface area contributed by atoms with E-state index in [-0.39, 0.29) is 25.5 Å². The molecule has 9 nitrogen and oxygen atoms in total. The number of nitrogens with zero attached hydrogens (tertiary/aromatic N) is 2. The fourth-order valence-corrected chi connectivity index (χ4v) is 5.25. The lowest BCUT2D eigenvalue weighted by molar-refractivity contribution is -0.133. The summed E-state index contributed by atoms with van der Waals surface area (Å²) < 4.78 is 26.4. The van der Waals surface area contributed by atoms with Gasteiger partial charge in [0.15, 0.2) is 6.10 Å². The summed E-state index contributed by atoms with van der Waals surface area (Å²) in [7, 11) is 0. The third-order valence-corrected chi connectivity index (χ3v) is 7.08. The number of rotatable bonds is 6. The number of hydrogen-bond donors (Lipinski definition) is 2. The molecule has 2 aromatic carbocycles. The zero-order chi connectivity index (χ0) is 29.7. The fraction of sp³-hybridized carbons (Fsp3) is 0.484. The van der Waals surface area contributed by atoms with E-state index >= 15 is 4.39 Å². The van der Waals surface area contributed by atoms with E-state index in [0.717, 1.165) is 41.6 Å². The number of fused-ring (bicyclic) bond motifs is 1. The smallest absolute Gasteiger partial charge is 0.410 e. The second-order valence-electron chi connectivity index (χ2n) is 11.5. The van der Waals surface area contributed by atoms with Crippen molar-refractivity contribution in [1.29, 1.82) is 5.26 Å². The van der Waals surface area contributed by atoms with Crippen LogP contribution in [0.3, 0.4) is 0 Å². The van der Waals surface area contributed by atoms with Gasteiger partial charge in [0, 0.05) is 32.2 Å². The van der Waals surface area contributed by atoms with Crippen molar-refractivity contribution in [3.63, 3.8) is 0 Å². The highest BCUT2D eigenvalue weighted by Gasteiger charge is 2.31. The quantitative estimate of drug-likeness (QED) is 0.533. The van der Waals surface area contributed by atoms with Gasteiger partial charge >= 0.3 is 6.09 Å². The molecule has 0 bridgehead atoms.